The fraction of sp³-hybridized carbons (Fsp3) is 0.615. The maximum absolute atomic E-state index is 11.1. The molecule has 0 radical (unpaired) electrons. The topological polar surface area (TPSA) is 43.1 Å². The van der Waals surface area contributed by atoms with Crippen LogP contribution in [0.2, 0.25) is 0 Å². The first kappa shape index (κ1) is 12.2. The Morgan fingerprint density at radius 3 is 2.73 bits per heavy atom. The Labute approximate surface area is 93.7 Å². The predicted molar refractivity (Wildman–Crippen MR) is 65.6 cm³/mol. The maximum Gasteiger partial charge on any atom is 0.159 e. The molecule has 0 bridgehead atoms. The van der Waals surface area contributed by atoms with E-state index in [1.807, 2.05) is 19.9 Å². The van der Waals surface area contributed by atoms with E-state index in [1.54, 1.807) is 6.92 Å². The molecule has 2 rings (SSSR count). The van der Waals surface area contributed by atoms with Crippen molar-refractivity contribution in [3.05, 3.63) is 23.8 Å². The van der Waals surface area contributed by atoms with E-state index in [9.17, 15) is 4.79 Å². The zero-order valence-corrected chi connectivity index (χ0v) is 9.86. The van der Waals surface area contributed by atoms with Gasteiger partial charge in [-0.2, -0.15) is 0 Å². The smallest absolute Gasteiger partial charge is 0.159 e. The molecule has 0 heterocycles. The zero-order chi connectivity index (χ0) is 11.4. The van der Waals surface area contributed by atoms with Gasteiger partial charge in [0.1, 0.15) is 0 Å². The highest BCUT2D eigenvalue weighted by Gasteiger charge is 2.32. The van der Waals surface area contributed by atoms with Gasteiger partial charge >= 0.3 is 0 Å². The molecular weight excluding hydrogens is 186 g/mol. The summed E-state index contributed by atoms with van der Waals surface area (Å²) in [4.78, 5) is 11.1. The molecule has 0 aromatic heterocycles. The largest absolute Gasteiger partial charge is 0.327 e. The van der Waals surface area contributed by atoms with E-state index in [0.717, 1.165) is 18.4 Å². The third-order valence-electron chi connectivity index (χ3n) is 3.12. The normalized spacial score (nSPS) is 32.5. The quantitative estimate of drug-likeness (QED) is 0.721. The highest BCUT2D eigenvalue weighted by molar-refractivity contribution is 5.96. The van der Waals surface area contributed by atoms with Crippen LogP contribution in [0, 0.1) is 11.8 Å². The Kier molecular flexibility index (Phi) is 4.28. The Balaban J connectivity index is 0.000000711. The minimum atomic E-state index is 0. The molecule has 0 aromatic rings. The van der Waals surface area contributed by atoms with Crippen LogP contribution in [0.1, 0.15) is 35.0 Å². The molecule has 2 nitrogen and oxygen atoms in total. The highest BCUT2D eigenvalue weighted by Crippen LogP contribution is 2.36. The molecule has 86 valence electrons. The van der Waals surface area contributed by atoms with Gasteiger partial charge in [-0.05, 0) is 31.6 Å². The molecule has 0 saturated heterocycles. The predicted octanol–water partition coefficient (Wildman–Crippen LogP) is 2.70. The molecule has 15 heavy (non-hydrogen) atoms. The average Bonchev–Trinajstić information content (AvgIpc) is 2.63. The van der Waals surface area contributed by atoms with E-state index in [-0.39, 0.29) is 7.21 Å². The lowest BCUT2D eigenvalue weighted by molar-refractivity contribution is -0.113. The van der Waals surface area contributed by atoms with Crippen LogP contribution in [0.4, 0.5) is 0 Å². The van der Waals surface area contributed by atoms with E-state index in [1.165, 1.54) is 0 Å². The van der Waals surface area contributed by atoms with Gasteiger partial charge in [0.15, 0.2) is 5.78 Å². The van der Waals surface area contributed by atoms with E-state index in [0.29, 0.717) is 17.9 Å². The first-order chi connectivity index (χ1) is 7.18. The summed E-state index contributed by atoms with van der Waals surface area (Å²) < 4.78 is 0. The van der Waals surface area contributed by atoms with Crippen molar-refractivity contribution in [3.63, 3.8) is 0 Å². The van der Waals surface area contributed by atoms with E-state index < -0.39 is 0 Å². The van der Waals surface area contributed by atoms with Gasteiger partial charge in [-0.1, -0.05) is 32.1 Å². The maximum atomic E-state index is 11.1. The number of nitrogens with two attached hydrogens (primary N) is 1. The van der Waals surface area contributed by atoms with Gasteiger partial charge in [0.25, 0.3) is 0 Å². The van der Waals surface area contributed by atoms with Gasteiger partial charge in [0.2, 0.25) is 0 Å². The summed E-state index contributed by atoms with van der Waals surface area (Å²) in [7, 11) is 0. The van der Waals surface area contributed by atoms with E-state index in [4.69, 9.17) is 5.73 Å². The van der Waals surface area contributed by atoms with Gasteiger partial charge in [-0.15, -0.1) is 0 Å². The molecule has 2 heteroatoms. The highest BCUT2D eigenvalue weighted by atomic mass is 16.1. The lowest BCUT2D eigenvalue weighted by Crippen LogP contribution is -2.27. The standard InChI is InChI=1S/C11H15NO.C2H6.H2/c1-7(13)8-2-4-10-9(6-8)3-5-11(10)12;1-2;/h2,4,6,9-11H,3,5,12H2,1H3;1-2H3;1H/t9?,10?,11-;;/m0../s1. The number of hydrogen-bond donors (Lipinski definition) is 1. The SMILES string of the molecule is CC.CC(=O)C1=CC2CC[C@H](N)C2C=C1.[HH]. The summed E-state index contributed by atoms with van der Waals surface area (Å²) in [5.41, 5.74) is 6.80. The second-order valence-electron chi connectivity index (χ2n) is 4.02. The molecule has 2 aliphatic carbocycles. The van der Waals surface area contributed by atoms with Gasteiger partial charge in [0, 0.05) is 13.0 Å². The van der Waals surface area contributed by atoms with Crippen molar-refractivity contribution in [2.75, 3.05) is 0 Å². The lowest BCUT2D eigenvalue weighted by Gasteiger charge is -2.20. The fourth-order valence-electron chi connectivity index (χ4n) is 2.30. The van der Waals surface area contributed by atoms with Crippen molar-refractivity contribution in [1.29, 1.82) is 0 Å². The van der Waals surface area contributed by atoms with Crippen molar-refractivity contribution in [1.82, 2.24) is 0 Å². The monoisotopic (exact) mass is 209 g/mol. The molecule has 2 aliphatic rings. The third kappa shape index (κ3) is 2.57. The van der Waals surface area contributed by atoms with Crippen LogP contribution in [-0.2, 0) is 4.79 Å². The zero-order valence-electron chi connectivity index (χ0n) is 9.86. The first-order valence-electron chi connectivity index (χ1n) is 5.85. The van der Waals surface area contributed by atoms with Crippen molar-refractivity contribution >= 4 is 5.78 Å². The fourth-order valence-corrected chi connectivity index (χ4v) is 2.30. The number of carbonyl (C=O) groups is 1. The number of ketones is 1. The molecule has 1 saturated carbocycles. The van der Waals surface area contributed by atoms with Crippen LogP contribution < -0.4 is 5.73 Å². The number of hydrogen-bond acceptors (Lipinski definition) is 2. The third-order valence-corrected chi connectivity index (χ3v) is 3.12. The molecule has 0 amide bonds. The van der Waals surface area contributed by atoms with Crippen molar-refractivity contribution in [2.45, 2.75) is 39.7 Å². The summed E-state index contributed by atoms with van der Waals surface area (Å²) in [6.45, 7) is 5.62. The molecule has 1 fully saturated rings. The molecule has 0 spiro atoms. The van der Waals surface area contributed by atoms with Gasteiger partial charge in [0.05, 0.1) is 0 Å². The second-order valence-corrected chi connectivity index (χ2v) is 4.02. The Morgan fingerprint density at radius 2 is 2.13 bits per heavy atom. The van der Waals surface area contributed by atoms with Crippen LogP contribution >= 0.6 is 0 Å². The second kappa shape index (κ2) is 5.26. The van der Waals surface area contributed by atoms with Crippen LogP contribution in [0.25, 0.3) is 0 Å². The van der Waals surface area contributed by atoms with Gasteiger partial charge in [-0.3, -0.25) is 4.79 Å². The minimum Gasteiger partial charge on any atom is -0.327 e. The van der Waals surface area contributed by atoms with Crippen LogP contribution in [0.3, 0.4) is 0 Å². The molecule has 0 aliphatic heterocycles. The molecule has 2 unspecified atom stereocenters. The average molecular weight is 209 g/mol. The van der Waals surface area contributed by atoms with Gasteiger partial charge in [-0.25, -0.2) is 0 Å². The number of allylic oxidation sites excluding steroid dienone is 3. The summed E-state index contributed by atoms with van der Waals surface area (Å²) in [5, 5.41) is 0. The summed E-state index contributed by atoms with van der Waals surface area (Å²) in [6.07, 6.45) is 8.35. The number of carbonyl (C=O) groups excluding carboxylic acids is 1. The summed E-state index contributed by atoms with van der Waals surface area (Å²) >= 11 is 0. The molecule has 0 aromatic carbocycles. The van der Waals surface area contributed by atoms with Gasteiger partial charge < -0.3 is 5.73 Å². The van der Waals surface area contributed by atoms with Crippen LogP contribution in [0.15, 0.2) is 23.8 Å². The van der Waals surface area contributed by atoms with Crippen LogP contribution in [0.5, 0.6) is 0 Å². The Morgan fingerprint density at radius 1 is 1.47 bits per heavy atom. The molecule has 3 atom stereocenters. The minimum absolute atomic E-state index is 0. The Bertz CT molecular complexity index is 296. The van der Waals surface area contributed by atoms with Crippen molar-refractivity contribution in [3.8, 4) is 0 Å². The summed E-state index contributed by atoms with van der Waals surface area (Å²) in [6, 6.07) is 0.297. The number of rotatable bonds is 1. The summed E-state index contributed by atoms with van der Waals surface area (Å²) in [5.74, 6) is 1.15. The lowest BCUT2D eigenvalue weighted by atomic mass is 9.86. The first-order valence-corrected chi connectivity index (χ1v) is 5.85. The van der Waals surface area contributed by atoms with E-state index >= 15 is 0 Å². The number of fused-ring (bicyclic) bond motifs is 1. The van der Waals surface area contributed by atoms with E-state index in [2.05, 4.69) is 12.2 Å². The molecule has 2 N–H and O–H groups in total. The van der Waals surface area contributed by atoms with Crippen molar-refractivity contribution in [2.24, 2.45) is 17.6 Å². The van der Waals surface area contributed by atoms with Crippen LogP contribution in [-0.4, -0.2) is 11.8 Å². The van der Waals surface area contributed by atoms with Crippen molar-refractivity contribution < 1.29 is 6.22 Å². The Hall–Kier alpha value is -0.890. The molecular formula is C13H23NO. The number of Topliss-reactive ketones (excluding diaryl/α,β-unsaturated/α-hetero) is 1.